The average molecular weight is 442 g/mol. The number of aromatic nitrogens is 2. The standard InChI is InChI=1S/C23H27N3O4S/c1-15-18-20(27)24-17(13-29-3)25-21(18)31-19(15)22(28)30-14-23(2)10-7-11-26(23)12-16-8-5-4-6-9-16/h4-6,8-9H,7,10-14H2,1-3H3,(H,24,25,27). The molecule has 4 rings (SSSR count). The highest BCUT2D eigenvalue weighted by atomic mass is 32.1. The summed E-state index contributed by atoms with van der Waals surface area (Å²) in [6.45, 7) is 6.24. The Morgan fingerprint density at radius 1 is 1.32 bits per heavy atom. The molecule has 1 atom stereocenters. The average Bonchev–Trinajstić information content (AvgIpc) is 3.28. The molecule has 0 radical (unpaired) electrons. The summed E-state index contributed by atoms with van der Waals surface area (Å²) in [5.74, 6) is 0.0390. The van der Waals surface area contributed by atoms with Crippen LogP contribution >= 0.6 is 11.3 Å². The van der Waals surface area contributed by atoms with Crippen LogP contribution in [0.2, 0.25) is 0 Å². The van der Waals surface area contributed by atoms with E-state index in [1.807, 2.05) is 18.2 Å². The molecule has 2 aromatic heterocycles. The maximum atomic E-state index is 12.9. The molecule has 1 unspecified atom stereocenters. The molecule has 1 N–H and O–H groups in total. The maximum Gasteiger partial charge on any atom is 0.348 e. The maximum absolute atomic E-state index is 12.9. The summed E-state index contributed by atoms with van der Waals surface area (Å²) >= 11 is 1.20. The number of rotatable bonds is 7. The number of aromatic amines is 1. The van der Waals surface area contributed by atoms with Crippen LogP contribution in [0.3, 0.4) is 0 Å². The van der Waals surface area contributed by atoms with Gasteiger partial charge in [-0.3, -0.25) is 9.69 Å². The minimum absolute atomic E-state index is 0.206. The smallest absolute Gasteiger partial charge is 0.348 e. The summed E-state index contributed by atoms with van der Waals surface area (Å²) in [6, 6.07) is 10.3. The number of likely N-dealkylation sites (tertiary alicyclic amines) is 1. The molecule has 1 saturated heterocycles. The second kappa shape index (κ2) is 8.90. The van der Waals surface area contributed by atoms with Gasteiger partial charge in [0.1, 0.15) is 28.7 Å². The third-order valence-electron chi connectivity index (χ3n) is 5.95. The summed E-state index contributed by atoms with van der Waals surface area (Å²) in [6.07, 6.45) is 2.05. The van der Waals surface area contributed by atoms with E-state index in [1.54, 1.807) is 6.92 Å². The van der Waals surface area contributed by atoms with Crippen molar-refractivity contribution in [2.75, 3.05) is 20.3 Å². The summed E-state index contributed by atoms with van der Waals surface area (Å²) in [7, 11) is 1.54. The van der Waals surface area contributed by atoms with Gasteiger partial charge >= 0.3 is 5.97 Å². The van der Waals surface area contributed by atoms with Crippen LogP contribution in [0.5, 0.6) is 0 Å². The number of methoxy groups -OCH3 is 1. The van der Waals surface area contributed by atoms with Crippen molar-refractivity contribution in [3.63, 3.8) is 0 Å². The van der Waals surface area contributed by atoms with E-state index in [0.29, 0.717) is 33.1 Å². The highest BCUT2D eigenvalue weighted by Gasteiger charge is 2.38. The van der Waals surface area contributed by atoms with Crippen molar-refractivity contribution in [2.45, 2.75) is 45.4 Å². The van der Waals surface area contributed by atoms with Crippen LogP contribution in [-0.4, -0.2) is 46.6 Å². The molecule has 0 spiro atoms. The van der Waals surface area contributed by atoms with Crippen molar-refractivity contribution in [1.29, 1.82) is 0 Å². The molecule has 3 heterocycles. The van der Waals surface area contributed by atoms with Crippen LogP contribution < -0.4 is 5.56 Å². The first-order valence-electron chi connectivity index (χ1n) is 10.4. The van der Waals surface area contributed by atoms with Crippen LogP contribution in [-0.2, 0) is 22.6 Å². The predicted octanol–water partition coefficient (Wildman–Crippen LogP) is 3.65. The first-order chi connectivity index (χ1) is 14.9. The minimum atomic E-state index is -0.402. The Kier molecular flexibility index (Phi) is 6.22. The van der Waals surface area contributed by atoms with Crippen molar-refractivity contribution in [2.24, 2.45) is 0 Å². The third-order valence-corrected chi connectivity index (χ3v) is 7.12. The fourth-order valence-electron chi connectivity index (χ4n) is 4.19. The van der Waals surface area contributed by atoms with Crippen molar-refractivity contribution >= 4 is 27.5 Å². The number of carbonyl (C=O) groups is 1. The number of benzene rings is 1. The Morgan fingerprint density at radius 2 is 2.10 bits per heavy atom. The molecule has 7 nitrogen and oxygen atoms in total. The van der Waals surface area contributed by atoms with Crippen LogP contribution in [0.4, 0.5) is 0 Å². The van der Waals surface area contributed by atoms with E-state index >= 15 is 0 Å². The second-order valence-corrected chi connectivity index (χ2v) is 9.26. The SMILES string of the molecule is COCc1nc2sc(C(=O)OCC3(C)CCCN3Cc3ccccc3)c(C)c2c(=O)[nH]1. The number of nitrogens with zero attached hydrogens (tertiary/aromatic N) is 2. The van der Waals surface area contributed by atoms with Gasteiger partial charge in [0.25, 0.3) is 5.56 Å². The number of nitrogens with one attached hydrogen (secondary N) is 1. The van der Waals surface area contributed by atoms with E-state index in [0.717, 1.165) is 25.9 Å². The monoisotopic (exact) mass is 441 g/mol. The fraction of sp³-hybridized carbons (Fsp3) is 0.435. The molecule has 0 bridgehead atoms. The number of hydrogen-bond donors (Lipinski definition) is 1. The van der Waals surface area contributed by atoms with Gasteiger partial charge in [-0.2, -0.15) is 0 Å². The lowest BCUT2D eigenvalue weighted by atomic mass is 9.99. The summed E-state index contributed by atoms with van der Waals surface area (Å²) in [5.41, 5.74) is 1.39. The number of H-pyrrole nitrogens is 1. The lowest BCUT2D eigenvalue weighted by Gasteiger charge is -2.34. The van der Waals surface area contributed by atoms with E-state index in [-0.39, 0.29) is 17.7 Å². The molecular formula is C23H27N3O4S. The zero-order chi connectivity index (χ0) is 22.0. The summed E-state index contributed by atoms with van der Waals surface area (Å²) < 4.78 is 10.8. The Labute approximate surface area is 185 Å². The molecule has 8 heteroatoms. The van der Waals surface area contributed by atoms with E-state index in [4.69, 9.17) is 9.47 Å². The number of hydrogen-bond acceptors (Lipinski definition) is 7. The van der Waals surface area contributed by atoms with Crippen molar-refractivity contribution < 1.29 is 14.3 Å². The lowest BCUT2D eigenvalue weighted by molar-refractivity contribution is 0.0184. The highest BCUT2D eigenvalue weighted by molar-refractivity contribution is 7.20. The van der Waals surface area contributed by atoms with Crippen LogP contribution in [0.25, 0.3) is 10.2 Å². The van der Waals surface area contributed by atoms with Gasteiger partial charge in [-0.1, -0.05) is 30.3 Å². The van der Waals surface area contributed by atoms with Gasteiger partial charge in [-0.25, -0.2) is 9.78 Å². The number of ether oxygens (including phenoxy) is 2. The molecule has 0 aliphatic carbocycles. The molecular weight excluding hydrogens is 414 g/mol. The molecule has 1 aliphatic rings. The molecule has 0 saturated carbocycles. The minimum Gasteiger partial charge on any atom is -0.460 e. The molecule has 3 aromatic rings. The number of esters is 1. The molecule has 1 aliphatic heterocycles. The van der Waals surface area contributed by atoms with Gasteiger partial charge in [-0.05, 0) is 44.4 Å². The second-order valence-electron chi connectivity index (χ2n) is 8.27. The zero-order valence-corrected chi connectivity index (χ0v) is 18.9. The number of fused-ring (bicyclic) bond motifs is 1. The Hall–Kier alpha value is -2.55. The van der Waals surface area contributed by atoms with Crippen LogP contribution in [0.15, 0.2) is 35.1 Å². The Balaban J connectivity index is 1.50. The van der Waals surface area contributed by atoms with Gasteiger partial charge in [0.2, 0.25) is 0 Å². The number of carbonyl (C=O) groups excluding carboxylic acids is 1. The van der Waals surface area contributed by atoms with Crippen molar-refractivity contribution in [3.05, 3.63) is 62.5 Å². The molecule has 0 amide bonds. The fourth-order valence-corrected chi connectivity index (χ4v) is 5.29. The molecule has 1 fully saturated rings. The largest absolute Gasteiger partial charge is 0.460 e. The lowest BCUT2D eigenvalue weighted by Crippen LogP contribution is -2.45. The summed E-state index contributed by atoms with van der Waals surface area (Å²) in [4.78, 5) is 35.9. The van der Waals surface area contributed by atoms with Crippen molar-refractivity contribution in [1.82, 2.24) is 14.9 Å². The predicted molar refractivity (Wildman–Crippen MR) is 120 cm³/mol. The van der Waals surface area contributed by atoms with Gasteiger partial charge in [0, 0.05) is 13.7 Å². The van der Waals surface area contributed by atoms with Gasteiger partial charge < -0.3 is 14.5 Å². The van der Waals surface area contributed by atoms with Crippen LogP contribution in [0.1, 0.15) is 46.4 Å². The van der Waals surface area contributed by atoms with Gasteiger partial charge in [0.05, 0.1) is 10.9 Å². The zero-order valence-electron chi connectivity index (χ0n) is 18.1. The van der Waals surface area contributed by atoms with E-state index in [9.17, 15) is 9.59 Å². The first-order valence-corrected chi connectivity index (χ1v) is 11.2. The topological polar surface area (TPSA) is 84.5 Å². The van der Waals surface area contributed by atoms with Crippen molar-refractivity contribution in [3.8, 4) is 0 Å². The van der Waals surface area contributed by atoms with E-state index in [2.05, 4.69) is 33.9 Å². The highest BCUT2D eigenvalue weighted by Crippen LogP contribution is 2.32. The third kappa shape index (κ3) is 4.42. The molecule has 1 aromatic carbocycles. The van der Waals surface area contributed by atoms with Gasteiger partial charge in [0.15, 0.2) is 0 Å². The number of aryl methyl sites for hydroxylation is 1. The van der Waals surface area contributed by atoms with Gasteiger partial charge in [-0.15, -0.1) is 11.3 Å². The molecule has 31 heavy (non-hydrogen) atoms. The summed E-state index contributed by atoms with van der Waals surface area (Å²) in [5, 5.41) is 0.439. The first kappa shape index (κ1) is 21.7. The quantitative estimate of drug-likeness (QED) is 0.564. The van der Waals surface area contributed by atoms with E-state index in [1.165, 1.54) is 24.0 Å². The van der Waals surface area contributed by atoms with E-state index < -0.39 is 5.97 Å². The Morgan fingerprint density at radius 3 is 2.84 bits per heavy atom. The van der Waals surface area contributed by atoms with Crippen LogP contribution in [0, 0.1) is 6.92 Å². The number of thiophene rings is 1. The molecule has 164 valence electrons. The normalized spacial score (nSPS) is 19.2. The Bertz CT molecular complexity index is 1140.